The summed E-state index contributed by atoms with van der Waals surface area (Å²) in [6.07, 6.45) is 0. The van der Waals surface area contributed by atoms with Crippen LogP contribution in [0.4, 0.5) is 5.69 Å². The summed E-state index contributed by atoms with van der Waals surface area (Å²) in [5, 5.41) is 0. The van der Waals surface area contributed by atoms with Crippen molar-refractivity contribution in [3.63, 3.8) is 0 Å². The van der Waals surface area contributed by atoms with Gasteiger partial charge >= 0.3 is 75.1 Å². The molecule has 1 nitrogen and oxygen atoms in total. The van der Waals surface area contributed by atoms with Gasteiger partial charge in [0.05, 0.1) is 0 Å². The van der Waals surface area contributed by atoms with Crippen molar-refractivity contribution in [3.05, 3.63) is 24.3 Å². The van der Waals surface area contributed by atoms with E-state index in [1.54, 1.807) is 0 Å². The Kier molecular flexibility index (Phi) is 2.60. The molecule has 0 aliphatic rings. The van der Waals surface area contributed by atoms with E-state index in [1.165, 1.54) is 31.8 Å². The SMILES string of the molecule is CN(C)c1cccc[c]1[Sn]. The third kappa shape index (κ3) is 1.66. The first kappa shape index (κ1) is 7.92. The fourth-order valence-corrected chi connectivity index (χ4v) is 2.01. The summed E-state index contributed by atoms with van der Waals surface area (Å²) in [6.45, 7) is 0. The maximum absolute atomic E-state index is 2.16. The zero-order valence-corrected chi connectivity index (χ0v) is 9.11. The number of nitrogens with zero attached hydrogens (tertiary/aromatic N) is 1. The number of para-hydroxylation sites is 1. The van der Waals surface area contributed by atoms with Crippen LogP contribution in [0.3, 0.4) is 0 Å². The van der Waals surface area contributed by atoms with Crippen molar-refractivity contribution in [2.75, 3.05) is 19.0 Å². The predicted molar refractivity (Wildman–Crippen MR) is 46.2 cm³/mol. The van der Waals surface area contributed by atoms with Crippen LogP contribution in [0.15, 0.2) is 24.3 Å². The normalized spacial score (nSPS) is 9.50. The summed E-state index contributed by atoms with van der Waals surface area (Å²) < 4.78 is 1.42. The summed E-state index contributed by atoms with van der Waals surface area (Å²) in [6, 6.07) is 8.46. The van der Waals surface area contributed by atoms with E-state index in [9.17, 15) is 0 Å². The second kappa shape index (κ2) is 3.28. The van der Waals surface area contributed by atoms with Crippen molar-refractivity contribution < 1.29 is 0 Å². The van der Waals surface area contributed by atoms with Gasteiger partial charge < -0.3 is 0 Å². The minimum atomic E-state index is 1.33. The maximum atomic E-state index is 2.16. The Balaban J connectivity index is 3.03. The first-order chi connectivity index (χ1) is 4.72. The van der Waals surface area contributed by atoms with Crippen molar-refractivity contribution in [2.45, 2.75) is 0 Å². The molecule has 0 aliphatic carbocycles. The van der Waals surface area contributed by atoms with Gasteiger partial charge in [0.2, 0.25) is 0 Å². The Hall–Kier alpha value is -0.181. The van der Waals surface area contributed by atoms with Crippen LogP contribution in [0, 0.1) is 0 Å². The summed E-state index contributed by atoms with van der Waals surface area (Å²) in [4.78, 5) is 2.14. The number of hydrogen-bond acceptors (Lipinski definition) is 1. The monoisotopic (exact) mass is 240 g/mol. The second-order valence-corrected chi connectivity index (χ2v) is 3.95. The second-order valence-electron chi connectivity index (χ2n) is 2.41. The number of hydrogen-bond donors (Lipinski definition) is 0. The van der Waals surface area contributed by atoms with Gasteiger partial charge in [0.15, 0.2) is 0 Å². The van der Waals surface area contributed by atoms with Crippen molar-refractivity contribution >= 4 is 31.8 Å². The van der Waals surface area contributed by atoms with Crippen LogP contribution in [0.5, 0.6) is 0 Å². The Morgan fingerprint density at radius 3 is 2.20 bits per heavy atom. The average Bonchev–Trinajstić information content (AvgIpc) is 1.88. The van der Waals surface area contributed by atoms with E-state index in [0.29, 0.717) is 0 Å². The molecule has 0 N–H and O–H groups in total. The van der Waals surface area contributed by atoms with E-state index < -0.39 is 0 Å². The molecule has 0 heterocycles. The molecule has 0 saturated heterocycles. The molecule has 3 radical (unpaired) electrons. The Morgan fingerprint density at radius 1 is 1.20 bits per heavy atom. The topological polar surface area (TPSA) is 3.24 Å². The van der Waals surface area contributed by atoms with Gasteiger partial charge in [0.25, 0.3) is 0 Å². The van der Waals surface area contributed by atoms with Crippen LogP contribution in [-0.2, 0) is 0 Å². The molecular formula is C8H10NSn. The van der Waals surface area contributed by atoms with Crippen molar-refractivity contribution in [3.8, 4) is 0 Å². The molecule has 0 aromatic heterocycles. The van der Waals surface area contributed by atoms with Crippen LogP contribution in [-0.4, -0.2) is 36.6 Å². The molecule has 0 atom stereocenters. The molecule has 0 aliphatic heterocycles. The van der Waals surface area contributed by atoms with Gasteiger partial charge in [-0.25, -0.2) is 0 Å². The molecule has 0 unspecified atom stereocenters. The predicted octanol–water partition coefficient (Wildman–Crippen LogP) is 0.546. The molecular weight excluding hydrogens is 229 g/mol. The van der Waals surface area contributed by atoms with E-state index in [2.05, 4.69) is 43.3 Å². The summed E-state index contributed by atoms with van der Waals surface area (Å²) in [5.74, 6) is 0. The van der Waals surface area contributed by atoms with Crippen molar-refractivity contribution in [1.82, 2.24) is 0 Å². The average molecular weight is 239 g/mol. The molecule has 0 spiro atoms. The van der Waals surface area contributed by atoms with Crippen molar-refractivity contribution in [1.29, 1.82) is 0 Å². The molecule has 0 bridgehead atoms. The van der Waals surface area contributed by atoms with E-state index in [4.69, 9.17) is 0 Å². The molecule has 1 aromatic rings. The molecule has 0 amide bonds. The fourth-order valence-electron chi connectivity index (χ4n) is 0.864. The molecule has 10 heavy (non-hydrogen) atoms. The van der Waals surface area contributed by atoms with E-state index in [-0.39, 0.29) is 0 Å². The van der Waals surface area contributed by atoms with Crippen LogP contribution < -0.4 is 8.48 Å². The first-order valence-corrected chi connectivity index (χ1v) is 4.62. The molecule has 2 heteroatoms. The Morgan fingerprint density at radius 2 is 1.80 bits per heavy atom. The molecule has 0 fully saturated rings. The number of benzene rings is 1. The van der Waals surface area contributed by atoms with Gasteiger partial charge in [-0.3, -0.25) is 0 Å². The fraction of sp³-hybridized carbons (Fsp3) is 0.250. The molecule has 1 aromatic carbocycles. The quantitative estimate of drug-likeness (QED) is 0.646. The first-order valence-electron chi connectivity index (χ1n) is 3.20. The third-order valence-electron chi connectivity index (χ3n) is 1.39. The van der Waals surface area contributed by atoms with Gasteiger partial charge in [-0.2, -0.15) is 0 Å². The van der Waals surface area contributed by atoms with Crippen LogP contribution >= 0.6 is 0 Å². The summed E-state index contributed by atoms with van der Waals surface area (Å²) in [7, 11) is 4.14. The van der Waals surface area contributed by atoms with Gasteiger partial charge in [0.1, 0.15) is 0 Å². The van der Waals surface area contributed by atoms with Crippen LogP contribution in [0.25, 0.3) is 0 Å². The Labute approximate surface area is 75.1 Å². The molecule has 0 saturated carbocycles. The molecule has 51 valence electrons. The third-order valence-corrected chi connectivity index (χ3v) is 2.59. The Bertz CT molecular complexity index is 220. The van der Waals surface area contributed by atoms with E-state index in [0.717, 1.165) is 0 Å². The number of rotatable bonds is 1. The molecule has 1 rings (SSSR count). The van der Waals surface area contributed by atoms with Gasteiger partial charge in [0, 0.05) is 0 Å². The van der Waals surface area contributed by atoms with E-state index in [1.807, 2.05) is 0 Å². The summed E-state index contributed by atoms with van der Waals surface area (Å²) in [5.41, 5.74) is 1.33. The van der Waals surface area contributed by atoms with Gasteiger partial charge in [-0.05, 0) is 0 Å². The zero-order valence-electron chi connectivity index (χ0n) is 6.26. The standard InChI is InChI=1S/C8H10N.Sn/c1-9(2)8-6-4-3-5-7-8;/h3-6H,1-2H3;. The zero-order chi connectivity index (χ0) is 7.56. The minimum absolute atomic E-state index is 1.33. The van der Waals surface area contributed by atoms with E-state index >= 15 is 0 Å². The van der Waals surface area contributed by atoms with Crippen LogP contribution in [0.1, 0.15) is 0 Å². The van der Waals surface area contributed by atoms with Gasteiger partial charge in [-0.15, -0.1) is 0 Å². The van der Waals surface area contributed by atoms with Crippen molar-refractivity contribution in [2.24, 2.45) is 0 Å². The number of anilines is 1. The van der Waals surface area contributed by atoms with Gasteiger partial charge in [-0.1, -0.05) is 0 Å². The van der Waals surface area contributed by atoms with Crippen LogP contribution in [0.2, 0.25) is 0 Å². The summed E-state index contributed by atoms with van der Waals surface area (Å²) >= 11 is 1.48.